The number of halogens is 1. The van der Waals surface area contributed by atoms with Gasteiger partial charge in [0.15, 0.2) is 0 Å². The molecule has 1 saturated carbocycles. The van der Waals surface area contributed by atoms with Gasteiger partial charge in [-0.05, 0) is 36.5 Å². The number of nitrogens with zero attached hydrogens (tertiary/aromatic N) is 1. The van der Waals surface area contributed by atoms with Crippen molar-refractivity contribution in [1.82, 2.24) is 4.98 Å². The van der Waals surface area contributed by atoms with Gasteiger partial charge in [0, 0.05) is 7.11 Å². The number of pyridine rings is 1. The van der Waals surface area contributed by atoms with Crippen LogP contribution < -0.4 is 0 Å². The van der Waals surface area contributed by atoms with E-state index in [9.17, 15) is 9.90 Å². The Morgan fingerprint density at radius 2 is 2.28 bits per heavy atom. The first-order valence-corrected chi connectivity index (χ1v) is 6.25. The first kappa shape index (κ1) is 13.3. The molecule has 1 aliphatic carbocycles. The van der Waals surface area contributed by atoms with Crippen LogP contribution in [0.1, 0.15) is 31.0 Å². The molecule has 18 heavy (non-hydrogen) atoms. The highest BCUT2D eigenvalue weighted by Crippen LogP contribution is 2.48. The van der Waals surface area contributed by atoms with Crippen LogP contribution in [0, 0.1) is 5.92 Å². The largest absolute Gasteiger partial charge is 0.481 e. The smallest absolute Gasteiger partial charge is 0.314 e. The van der Waals surface area contributed by atoms with Gasteiger partial charge in [-0.2, -0.15) is 0 Å². The Morgan fingerprint density at radius 1 is 1.61 bits per heavy atom. The van der Waals surface area contributed by atoms with Gasteiger partial charge in [-0.1, -0.05) is 18.5 Å². The van der Waals surface area contributed by atoms with Crippen molar-refractivity contribution in [3.63, 3.8) is 0 Å². The van der Waals surface area contributed by atoms with E-state index in [-0.39, 0.29) is 0 Å². The van der Waals surface area contributed by atoms with Crippen LogP contribution >= 0.6 is 11.6 Å². The van der Waals surface area contributed by atoms with Crippen molar-refractivity contribution >= 4 is 17.6 Å². The van der Waals surface area contributed by atoms with Gasteiger partial charge in [-0.3, -0.25) is 4.79 Å². The molecule has 2 rings (SSSR count). The molecule has 1 N–H and O–H groups in total. The predicted molar refractivity (Wildman–Crippen MR) is 67.7 cm³/mol. The van der Waals surface area contributed by atoms with Gasteiger partial charge in [0.1, 0.15) is 5.15 Å². The number of ether oxygens (including phenoxy) is 1. The molecular weight excluding hydrogens is 254 g/mol. The summed E-state index contributed by atoms with van der Waals surface area (Å²) in [5.41, 5.74) is 0.606. The third-order valence-corrected chi connectivity index (χ3v) is 3.69. The lowest BCUT2D eigenvalue weighted by atomic mass is 9.59. The van der Waals surface area contributed by atoms with Gasteiger partial charge >= 0.3 is 5.97 Å². The molecule has 1 aliphatic rings. The van der Waals surface area contributed by atoms with Crippen LogP contribution in [0.2, 0.25) is 5.15 Å². The molecule has 1 fully saturated rings. The van der Waals surface area contributed by atoms with Crippen molar-refractivity contribution in [3.05, 3.63) is 28.5 Å². The first-order chi connectivity index (χ1) is 8.48. The Hall–Kier alpha value is -1.13. The average Bonchev–Trinajstić information content (AvgIpc) is 2.23. The lowest BCUT2D eigenvalue weighted by Gasteiger charge is -2.43. The average molecular weight is 270 g/mol. The Bertz CT molecular complexity index is 469. The maximum Gasteiger partial charge on any atom is 0.314 e. The SMILES string of the molecule is COCc1cc(C2(C(=O)O)CC(C)C2)cc(Cl)n1. The molecule has 0 atom stereocenters. The zero-order valence-corrected chi connectivity index (χ0v) is 11.2. The minimum atomic E-state index is -0.797. The van der Waals surface area contributed by atoms with Crippen molar-refractivity contribution in [3.8, 4) is 0 Å². The Labute approximate surface area is 111 Å². The summed E-state index contributed by atoms with van der Waals surface area (Å²) in [5, 5.41) is 9.79. The third-order valence-electron chi connectivity index (χ3n) is 3.50. The van der Waals surface area contributed by atoms with E-state index in [0.29, 0.717) is 36.2 Å². The molecule has 5 heteroatoms. The molecule has 1 aromatic heterocycles. The minimum Gasteiger partial charge on any atom is -0.481 e. The van der Waals surface area contributed by atoms with Crippen LogP contribution in [0.4, 0.5) is 0 Å². The van der Waals surface area contributed by atoms with Crippen molar-refractivity contribution in [1.29, 1.82) is 0 Å². The number of carboxylic acids is 1. The number of aromatic nitrogens is 1. The standard InChI is InChI=1S/C13H16ClNO3/c1-8-5-13(6-8,12(16)17)9-3-10(7-18-2)15-11(14)4-9/h3-4,8H,5-7H2,1-2H3,(H,16,17). The highest BCUT2D eigenvalue weighted by molar-refractivity contribution is 6.29. The van der Waals surface area contributed by atoms with Gasteiger partial charge in [0.2, 0.25) is 0 Å². The summed E-state index contributed by atoms with van der Waals surface area (Å²) in [6.45, 7) is 2.39. The van der Waals surface area contributed by atoms with Crippen molar-refractivity contribution in [2.45, 2.75) is 31.8 Å². The van der Waals surface area contributed by atoms with Crippen LogP contribution in [0.15, 0.2) is 12.1 Å². The molecular formula is C13H16ClNO3. The summed E-state index contributed by atoms with van der Waals surface area (Å²) < 4.78 is 5.02. The summed E-state index contributed by atoms with van der Waals surface area (Å²) in [6.07, 6.45) is 1.30. The fraction of sp³-hybridized carbons (Fsp3) is 0.538. The van der Waals surface area contributed by atoms with E-state index < -0.39 is 11.4 Å². The zero-order valence-electron chi connectivity index (χ0n) is 10.4. The first-order valence-electron chi connectivity index (χ1n) is 5.87. The van der Waals surface area contributed by atoms with E-state index in [4.69, 9.17) is 16.3 Å². The number of rotatable bonds is 4. The molecule has 0 saturated heterocycles. The highest BCUT2D eigenvalue weighted by atomic mass is 35.5. The van der Waals surface area contributed by atoms with E-state index in [1.54, 1.807) is 19.2 Å². The number of hydrogen-bond acceptors (Lipinski definition) is 3. The second-order valence-corrected chi connectivity index (χ2v) is 5.39. The van der Waals surface area contributed by atoms with E-state index in [0.717, 1.165) is 5.56 Å². The number of carboxylic acid groups (broad SMARTS) is 1. The fourth-order valence-corrected chi connectivity index (χ4v) is 2.94. The topological polar surface area (TPSA) is 59.4 Å². The molecule has 0 radical (unpaired) electrons. The van der Waals surface area contributed by atoms with Gasteiger partial charge in [-0.15, -0.1) is 0 Å². The molecule has 0 aromatic carbocycles. The summed E-state index contributed by atoms with van der Waals surface area (Å²) in [5.74, 6) is -0.356. The van der Waals surface area contributed by atoms with Gasteiger partial charge in [0.05, 0.1) is 17.7 Å². The van der Waals surface area contributed by atoms with Gasteiger partial charge in [-0.25, -0.2) is 4.98 Å². The monoisotopic (exact) mass is 269 g/mol. The fourth-order valence-electron chi connectivity index (χ4n) is 2.71. The zero-order chi connectivity index (χ0) is 13.3. The lowest BCUT2D eigenvalue weighted by Crippen LogP contribution is -2.47. The van der Waals surface area contributed by atoms with E-state index in [1.165, 1.54) is 0 Å². The molecule has 0 spiro atoms. The number of hydrogen-bond donors (Lipinski definition) is 1. The van der Waals surface area contributed by atoms with E-state index in [2.05, 4.69) is 11.9 Å². The molecule has 0 amide bonds. The minimum absolute atomic E-state index is 0.319. The predicted octanol–water partition coefficient (Wildman–Crippen LogP) is 2.63. The summed E-state index contributed by atoms with van der Waals surface area (Å²) >= 11 is 5.95. The maximum atomic E-state index is 11.5. The molecule has 4 nitrogen and oxygen atoms in total. The van der Waals surface area contributed by atoms with Gasteiger partial charge < -0.3 is 9.84 Å². The van der Waals surface area contributed by atoms with E-state index in [1.807, 2.05) is 0 Å². The molecule has 98 valence electrons. The quantitative estimate of drug-likeness (QED) is 0.854. The number of methoxy groups -OCH3 is 1. The van der Waals surface area contributed by atoms with Gasteiger partial charge in [0.25, 0.3) is 0 Å². The summed E-state index contributed by atoms with van der Waals surface area (Å²) in [7, 11) is 1.57. The molecule has 0 unspecified atom stereocenters. The van der Waals surface area contributed by atoms with Crippen LogP contribution in [0.3, 0.4) is 0 Å². The van der Waals surface area contributed by atoms with Crippen LogP contribution in [-0.4, -0.2) is 23.2 Å². The number of aliphatic carboxylic acids is 1. The normalized spacial score (nSPS) is 26.7. The van der Waals surface area contributed by atoms with Crippen LogP contribution in [0.25, 0.3) is 0 Å². The third kappa shape index (κ3) is 2.22. The summed E-state index contributed by atoms with van der Waals surface area (Å²) in [4.78, 5) is 15.7. The molecule has 1 heterocycles. The Kier molecular flexibility index (Phi) is 3.59. The lowest BCUT2D eigenvalue weighted by molar-refractivity contribution is -0.149. The summed E-state index contributed by atoms with van der Waals surface area (Å²) in [6, 6.07) is 3.44. The van der Waals surface area contributed by atoms with Crippen molar-refractivity contribution in [2.75, 3.05) is 7.11 Å². The maximum absolute atomic E-state index is 11.5. The van der Waals surface area contributed by atoms with Crippen LogP contribution in [0.5, 0.6) is 0 Å². The molecule has 0 bridgehead atoms. The Morgan fingerprint density at radius 3 is 2.78 bits per heavy atom. The van der Waals surface area contributed by atoms with Crippen molar-refractivity contribution < 1.29 is 14.6 Å². The highest BCUT2D eigenvalue weighted by Gasteiger charge is 2.50. The van der Waals surface area contributed by atoms with E-state index >= 15 is 0 Å². The number of carbonyl (C=O) groups is 1. The second kappa shape index (κ2) is 4.86. The molecule has 1 aromatic rings. The van der Waals surface area contributed by atoms with Crippen molar-refractivity contribution in [2.24, 2.45) is 5.92 Å². The second-order valence-electron chi connectivity index (χ2n) is 5.00. The van der Waals surface area contributed by atoms with Crippen LogP contribution in [-0.2, 0) is 21.6 Å². The molecule has 0 aliphatic heterocycles. The Balaban J connectivity index is 2.39.